The number of anilines is 2. The van der Waals surface area contributed by atoms with E-state index in [0.29, 0.717) is 24.2 Å². The Labute approximate surface area is 172 Å². The summed E-state index contributed by atoms with van der Waals surface area (Å²) in [5, 5.41) is 2.90. The molecule has 0 bridgehead atoms. The summed E-state index contributed by atoms with van der Waals surface area (Å²) in [6.45, 7) is 6.27. The molecule has 1 heterocycles. The van der Waals surface area contributed by atoms with Gasteiger partial charge in [-0.3, -0.25) is 9.10 Å². The highest BCUT2D eigenvalue weighted by Crippen LogP contribution is 2.32. The number of aryl methyl sites for hydroxylation is 1. The Hall–Kier alpha value is -2.54. The maximum Gasteiger partial charge on any atom is 0.255 e. The van der Waals surface area contributed by atoms with Crippen molar-refractivity contribution in [2.24, 2.45) is 0 Å². The molecule has 0 atom stereocenters. The molecular weight excluding hydrogens is 388 g/mol. The highest BCUT2D eigenvalue weighted by atomic mass is 32.2. The predicted octanol–water partition coefficient (Wildman–Crippen LogP) is 4.22. The number of rotatable bonds is 7. The van der Waals surface area contributed by atoms with E-state index in [4.69, 9.17) is 4.74 Å². The molecule has 0 aliphatic carbocycles. The van der Waals surface area contributed by atoms with Gasteiger partial charge in [0.2, 0.25) is 10.0 Å². The molecule has 3 rings (SSSR count). The van der Waals surface area contributed by atoms with Crippen LogP contribution in [0, 0.1) is 0 Å². The highest BCUT2D eigenvalue weighted by Gasteiger charge is 2.27. The smallest absolute Gasteiger partial charge is 0.255 e. The van der Waals surface area contributed by atoms with E-state index in [1.54, 1.807) is 36.4 Å². The lowest BCUT2D eigenvalue weighted by Crippen LogP contribution is -2.37. The number of nitrogens with zero attached hydrogens (tertiary/aromatic N) is 1. The monoisotopic (exact) mass is 416 g/mol. The van der Waals surface area contributed by atoms with E-state index in [9.17, 15) is 13.2 Å². The van der Waals surface area contributed by atoms with Crippen molar-refractivity contribution in [1.29, 1.82) is 0 Å². The van der Waals surface area contributed by atoms with Crippen molar-refractivity contribution in [2.75, 3.05) is 21.9 Å². The second kappa shape index (κ2) is 8.86. The molecule has 0 unspecified atom stereocenters. The van der Waals surface area contributed by atoms with Gasteiger partial charge in [0.1, 0.15) is 5.75 Å². The Bertz CT molecular complexity index is 969. The topological polar surface area (TPSA) is 75.7 Å². The number of sulfonamides is 1. The number of amides is 1. The molecule has 0 spiro atoms. The Balaban J connectivity index is 1.75. The Morgan fingerprint density at radius 2 is 1.90 bits per heavy atom. The summed E-state index contributed by atoms with van der Waals surface area (Å²) in [5.74, 6) is 0.646. The van der Waals surface area contributed by atoms with Gasteiger partial charge in [-0.2, -0.15) is 0 Å². The molecule has 0 aromatic heterocycles. The van der Waals surface area contributed by atoms with Gasteiger partial charge in [0.15, 0.2) is 0 Å². The Morgan fingerprint density at radius 3 is 2.55 bits per heavy atom. The quantitative estimate of drug-likeness (QED) is 0.733. The number of fused-ring (bicyclic) bond motifs is 1. The number of carbonyl (C=O) groups is 1. The van der Waals surface area contributed by atoms with Crippen molar-refractivity contribution in [3.63, 3.8) is 0 Å². The number of benzene rings is 2. The van der Waals surface area contributed by atoms with Crippen LogP contribution < -0.4 is 14.4 Å². The fraction of sp³-hybridized carbons (Fsp3) is 0.409. The number of hydrogen-bond acceptors (Lipinski definition) is 4. The third-order valence-corrected chi connectivity index (χ3v) is 6.67. The second-order valence-electron chi connectivity index (χ2n) is 7.48. The molecule has 156 valence electrons. The summed E-state index contributed by atoms with van der Waals surface area (Å²) < 4.78 is 32.2. The van der Waals surface area contributed by atoms with Crippen molar-refractivity contribution in [3.8, 4) is 5.75 Å². The zero-order valence-corrected chi connectivity index (χ0v) is 18.0. The van der Waals surface area contributed by atoms with E-state index in [0.717, 1.165) is 29.8 Å². The molecule has 0 saturated carbocycles. The van der Waals surface area contributed by atoms with Crippen molar-refractivity contribution >= 4 is 27.3 Å². The molecule has 0 radical (unpaired) electrons. The molecule has 1 amide bonds. The minimum absolute atomic E-state index is 0.0749. The summed E-state index contributed by atoms with van der Waals surface area (Å²) in [6.07, 6.45) is 2.22. The van der Waals surface area contributed by atoms with E-state index >= 15 is 0 Å². The number of ether oxygens (including phenoxy) is 1. The summed E-state index contributed by atoms with van der Waals surface area (Å²) in [6, 6.07) is 12.4. The Kier molecular flexibility index (Phi) is 6.47. The normalized spacial score (nSPS) is 13.9. The van der Waals surface area contributed by atoms with Crippen LogP contribution in [0.3, 0.4) is 0 Å². The first-order valence-corrected chi connectivity index (χ1v) is 11.6. The third-order valence-electron chi connectivity index (χ3n) is 4.70. The van der Waals surface area contributed by atoms with Gasteiger partial charge in [0.25, 0.3) is 5.91 Å². The zero-order chi connectivity index (χ0) is 21.0. The lowest BCUT2D eigenvalue weighted by atomic mass is 10.0. The maximum absolute atomic E-state index is 12.6. The van der Waals surface area contributed by atoms with Crippen LogP contribution in [0.15, 0.2) is 42.5 Å². The largest absolute Gasteiger partial charge is 0.491 e. The maximum atomic E-state index is 12.6. The molecule has 6 nitrogen and oxygen atoms in total. The molecular formula is C22H28N2O4S. The third kappa shape index (κ3) is 5.09. The molecule has 1 N–H and O–H groups in total. The van der Waals surface area contributed by atoms with Crippen LogP contribution in [0.25, 0.3) is 0 Å². The molecule has 29 heavy (non-hydrogen) atoms. The molecule has 7 heteroatoms. The van der Waals surface area contributed by atoms with Crippen LogP contribution in [0.4, 0.5) is 11.4 Å². The average molecular weight is 417 g/mol. The van der Waals surface area contributed by atoms with Gasteiger partial charge in [-0.15, -0.1) is 0 Å². The zero-order valence-electron chi connectivity index (χ0n) is 17.1. The van der Waals surface area contributed by atoms with Gasteiger partial charge in [0.05, 0.1) is 17.5 Å². The summed E-state index contributed by atoms with van der Waals surface area (Å²) >= 11 is 0. The number of carbonyl (C=O) groups excluding carboxylic acids is 1. The summed E-state index contributed by atoms with van der Waals surface area (Å²) in [5.41, 5.74) is 2.85. The standard InChI is InChI=1S/C22H28N2O4S/c1-4-14-29(26,27)24-13-5-6-18-15-19(9-12-21(18)24)23-22(25)17-7-10-20(11-8-17)28-16(2)3/h7-12,15-16H,4-6,13-14H2,1-3H3,(H,23,25). The molecule has 0 fully saturated rings. The SMILES string of the molecule is CCCS(=O)(=O)N1CCCc2cc(NC(=O)c3ccc(OC(C)C)cc3)ccc21. The first-order valence-electron chi connectivity index (χ1n) is 10.0. The van der Waals surface area contributed by atoms with Crippen molar-refractivity contribution in [3.05, 3.63) is 53.6 Å². The van der Waals surface area contributed by atoms with E-state index in [1.165, 1.54) is 4.31 Å². The number of nitrogens with one attached hydrogen (secondary N) is 1. The van der Waals surface area contributed by atoms with Gasteiger partial charge in [0, 0.05) is 17.8 Å². The van der Waals surface area contributed by atoms with Gasteiger partial charge in [-0.05, 0) is 81.1 Å². The average Bonchev–Trinajstić information content (AvgIpc) is 2.67. The molecule has 1 aliphatic rings. The first-order chi connectivity index (χ1) is 13.8. The van der Waals surface area contributed by atoms with E-state index in [1.807, 2.05) is 26.8 Å². The molecule has 2 aromatic carbocycles. The second-order valence-corrected chi connectivity index (χ2v) is 9.49. The van der Waals surface area contributed by atoms with Crippen molar-refractivity contribution < 1.29 is 17.9 Å². The highest BCUT2D eigenvalue weighted by molar-refractivity contribution is 7.92. The van der Waals surface area contributed by atoms with Gasteiger partial charge >= 0.3 is 0 Å². The first kappa shape index (κ1) is 21.2. The van der Waals surface area contributed by atoms with Crippen LogP contribution in [0.1, 0.15) is 49.5 Å². The van der Waals surface area contributed by atoms with Crippen molar-refractivity contribution in [1.82, 2.24) is 0 Å². The van der Waals surface area contributed by atoms with Gasteiger partial charge in [-0.25, -0.2) is 8.42 Å². The summed E-state index contributed by atoms with van der Waals surface area (Å²) in [4.78, 5) is 12.6. The fourth-order valence-corrected chi connectivity index (χ4v) is 5.08. The van der Waals surface area contributed by atoms with Crippen LogP contribution in [0.2, 0.25) is 0 Å². The van der Waals surface area contributed by atoms with Crippen LogP contribution in [-0.4, -0.2) is 32.7 Å². The Morgan fingerprint density at radius 1 is 1.17 bits per heavy atom. The lowest BCUT2D eigenvalue weighted by molar-refractivity contribution is 0.102. The summed E-state index contributed by atoms with van der Waals surface area (Å²) in [7, 11) is -3.30. The van der Waals surface area contributed by atoms with Gasteiger partial charge < -0.3 is 10.1 Å². The molecule has 2 aromatic rings. The predicted molar refractivity (Wildman–Crippen MR) is 116 cm³/mol. The van der Waals surface area contributed by atoms with Crippen molar-refractivity contribution in [2.45, 2.75) is 46.1 Å². The van der Waals surface area contributed by atoms with Crippen LogP contribution >= 0.6 is 0 Å². The van der Waals surface area contributed by atoms with Crippen LogP contribution in [0.5, 0.6) is 5.75 Å². The number of hydrogen-bond donors (Lipinski definition) is 1. The minimum Gasteiger partial charge on any atom is -0.491 e. The lowest BCUT2D eigenvalue weighted by Gasteiger charge is -2.30. The minimum atomic E-state index is -3.30. The van der Waals surface area contributed by atoms with E-state index < -0.39 is 10.0 Å². The van der Waals surface area contributed by atoms with E-state index in [-0.39, 0.29) is 17.8 Å². The van der Waals surface area contributed by atoms with E-state index in [2.05, 4.69) is 5.32 Å². The molecule has 1 aliphatic heterocycles. The fourth-order valence-electron chi connectivity index (χ4n) is 3.46. The van der Waals surface area contributed by atoms with Gasteiger partial charge in [-0.1, -0.05) is 6.92 Å². The van der Waals surface area contributed by atoms with Crippen LogP contribution in [-0.2, 0) is 16.4 Å². The molecule has 0 saturated heterocycles.